The SMILES string of the molecule is O=C(Nc1ccccc1I)Nc1cc(Br)ccc1C(=O)O. The Balaban J connectivity index is 2.18. The number of carbonyl (C=O) groups is 2. The van der Waals surface area contributed by atoms with Gasteiger partial charge in [-0.1, -0.05) is 28.1 Å². The molecule has 0 aliphatic rings. The monoisotopic (exact) mass is 460 g/mol. The highest BCUT2D eigenvalue weighted by Gasteiger charge is 2.13. The van der Waals surface area contributed by atoms with Gasteiger partial charge in [0.2, 0.25) is 0 Å². The van der Waals surface area contributed by atoms with Crippen LogP contribution in [0.3, 0.4) is 0 Å². The van der Waals surface area contributed by atoms with E-state index in [1.807, 2.05) is 12.1 Å². The lowest BCUT2D eigenvalue weighted by Gasteiger charge is -2.11. The van der Waals surface area contributed by atoms with Crippen LogP contribution in [0.25, 0.3) is 0 Å². The zero-order valence-electron chi connectivity index (χ0n) is 10.6. The molecule has 0 aliphatic heterocycles. The summed E-state index contributed by atoms with van der Waals surface area (Å²) in [5.41, 5.74) is 0.902. The largest absolute Gasteiger partial charge is 0.478 e. The molecule has 0 bridgehead atoms. The molecular weight excluding hydrogens is 451 g/mol. The van der Waals surface area contributed by atoms with E-state index in [4.69, 9.17) is 5.11 Å². The van der Waals surface area contributed by atoms with Crippen LogP contribution in [0.4, 0.5) is 16.2 Å². The van der Waals surface area contributed by atoms with Crippen molar-refractivity contribution in [1.29, 1.82) is 0 Å². The third-order valence-corrected chi connectivity index (χ3v) is 4.02. The number of nitrogens with one attached hydrogen (secondary N) is 2. The van der Waals surface area contributed by atoms with E-state index in [0.29, 0.717) is 10.2 Å². The molecule has 7 heteroatoms. The van der Waals surface area contributed by atoms with E-state index >= 15 is 0 Å². The van der Waals surface area contributed by atoms with Gasteiger partial charge in [0.25, 0.3) is 0 Å². The van der Waals surface area contributed by atoms with Crippen LogP contribution in [0.15, 0.2) is 46.9 Å². The Kier molecular flexibility index (Phi) is 5.18. The first-order chi connectivity index (χ1) is 9.97. The molecule has 0 heterocycles. The molecule has 2 aromatic rings. The summed E-state index contributed by atoms with van der Waals surface area (Å²) >= 11 is 5.35. The number of aromatic carboxylic acids is 1. The molecule has 0 spiro atoms. The van der Waals surface area contributed by atoms with Crippen molar-refractivity contribution in [2.45, 2.75) is 0 Å². The molecule has 0 saturated carbocycles. The molecule has 0 unspecified atom stereocenters. The zero-order valence-corrected chi connectivity index (χ0v) is 14.3. The first-order valence-electron chi connectivity index (χ1n) is 5.83. The van der Waals surface area contributed by atoms with Gasteiger partial charge in [0.15, 0.2) is 0 Å². The number of carbonyl (C=O) groups excluding carboxylic acids is 1. The minimum atomic E-state index is -1.10. The lowest BCUT2D eigenvalue weighted by Crippen LogP contribution is -2.21. The van der Waals surface area contributed by atoms with Crippen molar-refractivity contribution in [2.75, 3.05) is 10.6 Å². The van der Waals surface area contributed by atoms with Crippen LogP contribution in [0.1, 0.15) is 10.4 Å². The van der Waals surface area contributed by atoms with E-state index in [0.717, 1.165) is 3.57 Å². The van der Waals surface area contributed by atoms with Crippen molar-refractivity contribution in [3.63, 3.8) is 0 Å². The van der Waals surface area contributed by atoms with Crippen LogP contribution in [0.5, 0.6) is 0 Å². The number of para-hydroxylation sites is 1. The average molecular weight is 461 g/mol. The number of halogens is 2. The van der Waals surface area contributed by atoms with Crippen LogP contribution in [-0.2, 0) is 0 Å². The van der Waals surface area contributed by atoms with E-state index in [1.54, 1.807) is 24.3 Å². The highest BCUT2D eigenvalue weighted by Crippen LogP contribution is 2.22. The molecule has 0 aliphatic carbocycles. The van der Waals surface area contributed by atoms with Crippen LogP contribution in [-0.4, -0.2) is 17.1 Å². The Labute approximate surface area is 143 Å². The third-order valence-electron chi connectivity index (χ3n) is 2.58. The van der Waals surface area contributed by atoms with Gasteiger partial charge in [-0.25, -0.2) is 9.59 Å². The van der Waals surface area contributed by atoms with Gasteiger partial charge in [-0.15, -0.1) is 0 Å². The molecule has 0 atom stereocenters. The van der Waals surface area contributed by atoms with Gasteiger partial charge < -0.3 is 15.7 Å². The second-order valence-electron chi connectivity index (χ2n) is 4.05. The molecule has 0 aromatic heterocycles. The molecule has 0 radical (unpaired) electrons. The number of amides is 2. The summed E-state index contributed by atoms with van der Waals surface area (Å²) in [7, 11) is 0. The molecule has 108 valence electrons. The molecule has 2 aromatic carbocycles. The number of urea groups is 1. The Morgan fingerprint density at radius 1 is 1.05 bits per heavy atom. The average Bonchev–Trinajstić information content (AvgIpc) is 2.41. The summed E-state index contributed by atoms with van der Waals surface area (Å²) in [6.45, 7) is 0. The van der Waals surface area contributed by atoms with Gasteiger partial charge in [-0.3, -0.25) is 0 Å². The fourth-order valence-electron chi connectivity index (χ4n) is 1.64. The summed E-state index contributed by atoms with van der Waals surface area (Å²) in [6, 6.07) is 11.4. The lowest BCUT2D eigenvalue weighted by atomic mass is 10.2. The van der Waals surface area contributed by atoms with E-state index in [1.165, 1.54) is 6.07 Å². The molecule has 21 heavy (non-hydrogen) atoms. The number of carboxylic acids is 1. The van der Waals surface area contributed by atoms with Crippen LogP contribution >= 0.6 is 38.5 Å². The first kappa shape index (κ1) is 15.8. The second-order valence-corrected chi connectivity index (χ2v) is 6.13. The van der Waals surface area contributed by atoms with Crippen LogP contribution in [0, 0.1) is 3.57 Å². The Morgan fingerprint density at radius 2 is 1.71 bits per heavy atom. The Morgan fingerprint density at radius 3 is 2.38 bits per heavy atom. The molecule has 5 nitrogen and oxygen atoms in total. The van der Waals surface area contributed by atoms with Gasteiger partial charge in [0.1, 0.15) is 0 Å². The third kappa shape index (κ3) is 4.18. The molecule has 2 rings (SSSR count). The summed E-state index contributed by atoms with van der Waals surface area (Å²) in [6.07, 6.45) is 0. The molecule has 0 fully saturated rings. The van der Waals surface area contributed by atoms with Crippen molar-refractivity contribution in [1.82, 2.24) is 0 Å². The van der Waals surface area contributed by atoms with Gasteiger partial charge >= 0.3 is 12.0 Å². The van der Waals surface area contributed by atoms with Crippen LogP contribution in [0.2, 0.25) is 0 Å². The maximum absolute atomic E-state index is 12.0. The summed E-state index contributed by atoms with van der Waals surface area (Å²) in [4.78, 5) is 23.1. The molecular formula is C14H10BrIN2O3. The van der Waals surface area contributed by atoms with E-state index in [-0.39, 0.29) is 11.3 Å². The van der Waals surface area contributed by atoms with Gasteiger partial charge in [0.05, 0.1) is 16.9 Å². The number of hydrogen-bond donors (Lipinski definition) is 3. The highest BCUT2D eigenvalue weighted by atomic mass is 127. The maximum Gasteiger partial charge on any atom is 0.337 e. The second kappa shape index (κ2) is 6.90. The van der Waals surface area contributed by atoms with E-state index < -0.39 is 12.0 Å². The number of rotatable bonds is 3. The van der Waals surface area contributed by atoms with Crippen LogP contribution < -0.4 is 10.6 Å². The maximum atomic E-state index is 12.0. The Bertz CT molecular complexity index is 706. The summed E-state index contributed by atoms with van der Waals surface area (Å²) in [5, 5.41) is 14.3. The minimum absolute atomic E-state index is 0.0242. The fourth-order valence-corrected chi connectivity index (χ4v) is 2.53. The molecule has 2 amide bonds. The predicted octanol–water partition coefficient (Wildman–Crippen LogP) is 4.40. The summed E-state index contributed by atoms with van der Waals surface area (Å²) < 4.78 is 1.56. The molecule has 0 saturated heterocycles. The molecule has 3 N–H and O–H groups in total. The zero-order chi connectivity index (χ0) is 15.4. The van der Waals surface area contributed by atoms with E-state index in [9.17, 15) is 9.59 Å². The lowest BCUT2D eigenvalue weighted by molar-refractivity contribution is 0.0698. The minimum Gasteiger partial charge on any atom is -0.478 e. The smallest absolute Gasteiger partial charge is 0.337 e. The predicted molar refractivity (Wildman–Crippen MR) is 92.9 cm³/mol. The highest BCUT2D eigenvalue weighted by molar-refractivity contribution is 14.1. The number of benzene rings is 2. The topological polar surface area (TPSA) is 78.4 Å². The van der Waals surface area contributed by atoms with Crippen molar-refractivity contribution in [3.8, 4) is 0 Å². The summed E-state index contributed by atoms with van der Waals surface area (Å²) in [5.74, 6) is -1.10. The van der Waals surface area contributed by atoms with Gasteiger partial charge in [-0.2, -0.15) is 0 Å². The van der Waals surface area contributed by atoms with Gasteiger partial charge in [-0.05, 0) is 52.9 Å². The van der Waals surface area contributed by atoms with Crippen molar-refractivity contribution >= 4 is 61.9 Å². The van der Waals surface area contributed by atoms with E-state index in [2.05, 4.69) is 49.2 Å². The quantitative estimate of drug-likeness (QED) is 0.594. The van der Waals surface area contributed by atoms with Crippen molar-refractivity contribution < 1.29 is 14.7 Å². The van der Waals surface area contributed by atoms with Gasteiger partial charge in [0, 0.05) is 8.04 Å². The number of carboxylic acid groups (broad SMARTS) is 1. The Hall–Kier alpha value is -1.61. The fraction of sp³-hybridized carbons (Fsp3) is 0. The first-order valence-corrected chi connectivity index (χ1v) is 7.70. The number of hydrogen-bond acceptors (Lipinski definition) is 2. The standard InChI is InChI=1S/C14H10BrIN2O3/c15-8-5-6-9(13(19)20)12(7-8)18-14(21)17-11-4-2-1-3-10(11)16/h1-7H,(H,19,20)(H2,17,18,21). The van der Waals surface area contributed by atoms with Crippen molar-refractivity contribution in [2.24, 2.45) is 0 Å². The van der Waals surface area contributed by atoms with Crippen molar-refractivity contribution in [3.05, 3.63) is 56.1 Å². The number of anilines is 2. The normalized spacial score (nSPS) is 10.0.